The predicted molar refractivity (Wildman–Crippen MR) is 91.3 cm³/mol. The van der Waals surface area contributed by atoms with Crippen LogP contribution in [0.3, 0.4) is 0 Å². The van der Waals surface area contributed by atoms with E-state index in [1.54, 1.807) is 16.7 Å². The number of fused-ring (bicyclic) bond motifs is 1. The number of nitrogens with zero attached hydrogens (tertiary/aromatic N) is 4. The topological polar surface area (TPSA) is 72.9 Å². The van der Waals surface area contributed by atoms with Crippen molar-refractivity contribution in [2.24, 2.45) is 0 Å². The minimum atomic E-state index is -0.418. The first-order valence-electron chi connectivity index (χ1n) is 7.54. The summed E-state index contributed by atoms with van der Waals surface area (Å²) >= 11 is 0. The molecule has 0 spiro atoms. The van der Waals surface area contributed by atoms with Gasteiger partial charge in [0.05, 0.1) is 16.8 Å². The maximum absolute atomic E-state index is 10.8. The summed E-state index contributed by atoms with van der Waals surface area (Å²) in [5, 5.41) is 10.8. The molecule has 2 aromatic heterocycles. The van der Waals surface area contributed by atoms with E-state index in [2.05, 4.69) is 9.88 Å². The number of rotatable bonds is 6. The van der Waals surface area contributed by atoms with Crippen molar-refractivity contribution in [1.82, 2.24) is 14.3 Å². The van der Waals surface area contributed by atoms with Crippen LogP contribution >= 0.6 is 0 Å². The maximum Gasteiger partial charge on any atom is 0.286 e. The smallest absolute Gasteiger partial charge is 0.286 e. The van der Waals surface area contributed by atoms with Crippen LogP contribution in [0.5, 0.6) is 5.75 Å². The van der Waals surface area contributed by atoms with Crippen LogP contribution in [0.2, 0.25) is 0 Å². The molecule has 0 atom stereocenters. The Morgan fingerprint density at radius 3 is 2.58 bits per heavy atom. The lowest BCUT2D eigenvalue weighted by Gasteiger charge is -2.11. The molecule has 7 nitrogen and oxygen atoms in total. The Labute approximate surface area is 139 Å². The first kappa shape index (κ1) is 15.9. The molecule has 0 N–H and O–H groups in total. The van der Waals surface area contributed by atoms with Crippen LogP contribution in [0.1, 0.15) is 0 Å². The first-order chi connectivity index (χ1) is 11.5. The highest BCUT2D eigenvalue weighted by molar-refractivity contribution is 5.63. The van der Waals surface area contributed by atoms with Crippen LogP contribution in [0, 0.1) is 10.1 Å². The van der Waals surface area contributed by atoms with Crippen LogP contribution in [-0.2, 0) is 0 Å². The number of ether oxygens (including phenoxy) is 1. The summed E-state index contributed by atoms with van der Waals surface area (Å²) < 4.78 is 7.33. The van der Waals surface area contributed by atoms with Crippen molar-refractivity contribution in [1.29, 1.82) is 0 Å². The van der Waals surface area contributed by atoms with Gasteiger partial charge in [-0.1, -0.05) is 0 Å². The fraction of sp³-hybridized carbons (Fsp3) is 0.235. The van der Waals surface area contributed by atoms with Gasteiger partial charge in [-0.25, -0.2) is 4.98 Å². The maximum atomic E-state index is 10.8. The Bertz CT molecular complexity index is 856. The van der Waals surface area contributed by atoms with Crippen molar-refractivity contribution in [2.45, 2.75) is 0 Å². The number of likely N-dealkylation sites (N-methyl/N-ethyl adjacent to an activating group) is 1. The Kier molecular flexibility index (Phi) is 4.43. The average molecular weight is 326 g/mol. The van der Waals surface area contributed by atoms with E-state index in [9.17, 15) is 10.1 Å². The van der Waals surface area contributed by atoms with E-state index < -0.39 is 4.92 Å². The van der Waals surface area contributed by atoms with E-state index in [4.69, 9.17) is 4.74 Å². The van der Waals surface area contributed by atoms with Crippen LogP contribution in [-0.4, -0.2) is 46.5 Å². The molecule has 0 saturated heterocycles. The molecule has 0 aliphatic carbocycles. The third kappa shape index (κ3) is 3.52. The molecule has 0 radical (unpaired) electrons. The van der Waals surface area contributed by atoms with E-state index in [0.717, 1.165) is 23.6 Å². The zero-order valence-corrected chi connectivity index (χ0v) is 13.5. The number of aromatic nitrogens is 2. The first-order valence-corrected chi connectivity index (χ1v) is 7.54. The van der Waals surface area contributed by atoms with Crippen molar-refractivity contribution in [3.8, 4) is 17.0 Å². The van der Waals surface area contributed by atoms with Gasteiger partial charge in [0.25, 0.3) is 5.69 Å². The number of imidazole rings is 1. The van der Waals surface area contributed by atoms with Crippen LogP contribution in [0.4, 0.5) is 5.69 Å². The standard InChI is InChI=1S/C17H18N4O3/c1-19(2)9-10-24-15-6-3-13(4-7-15)16-12-20-11-14(21(22)23)5-8-17(20)18-16/h3-8,11-12H,9-10H2,1-2H3. The number of nitro groups is 1. The molecule has 0 aliphatic heterocycles. The Morgan fingerprint density at radius 1 is 1.17 bits per heavy atom. The van der Waals surface area contributed by atoms with Crippen molar-refractivity contribution in [3.63, 3.8) is 0 Å². The van der Waals surface area contributed by atoms with Crippen molar-refractivity contribution >= 4 is 11.3 Å². The van der Waals surface area contributed by atoms with Crippen molar-refractivity contribution in [2.75, 3.05) is 27.2 Å². The van der Waals surface area contributed by atoms with E-state index in [-0.39, 0.29) is 5.69 Å². The number of pyridine rings is 1. The predicted octanol–water partition coefficient (Wildman–Crippen LogP) is 2.85. The minimum Gasteiger partial charge on any atom is -0.492 e. The molecule has 0 fully saturated rings. The average Bonchev–Trinajstić information content (AvgIpc) is 2.98. The molecular weight excluding hydrogens is 308 g/mol. The van der Waals surface area contributed by atoms with Gasteiger partial charge >= 0.3 is 0 Å². The molecule has 0 amide bonds. The van der Waals surface area contributed by atoms with E-state index in [1.807, 2.05) is 38.4 Å². The SMILES string of the molecule is CN(C)CCOc1ccc(-c2cn3cc([N+](=O)[O-])ccc3n2)cc1. The molecule has 124 valence electrons. The highest BCUT2D eigenvalue weighted by Crippen LogP contribution is 2.23. The van der Waals surface area contributed by atoms with Gasteiger partial charge in [-0.15, -0.1) is 0 Å². The summed E-state index contributed by atoms with van der Waals surface area (Å²) in [6.45, 7) is 1.48. The Balaban J connectivity index is 1.78. The van der Waals surface area contributed by atoms with Gasteiger partial charge in [0.1, 0.15) is 18.0 Å². The highest BCUT2D eigenvalue weighted by Gasteiger charge is 2.09. The van der Waals surface area contributed by atoms with Crippen LogP contribution in [0.15, 0.2) is 48.8 Å². The molecule has 3 aromatic rings. The second kappa shape index (κ2) is 6.67. The van der Waals surface area contributed by atoms with E-state index in [0.29, 0.717) is 12.3 Å². The fourth-order valence-electron chi connectivity index (χ4n) is 2.30. The van der Waals surface area contributed by atoms with E-state index >= 15 is 0 Å². The summed E-state index contributed by atoms with van der Waals surface area (Å²) in [6, 6.07) is 10.8. The van der Waals surface area contributed by atoms with Crippen molar-refractivity contribution < 1.29 is 9.66 Å². The summed E-state index contributed by atoms with van der Waals surface area (Å²) in [7, 11) is 4.00. The zero-order chi connectivity index (χ0) is 17.1. The lowest BCUT2D eigenvalue weighted by Crippen LogP contribution is -2.19. The molecule has 24 heavy (non-hydrogen) atoms. The Hall–Kier alpha value is -2.93. The number of benzene rings is 1. The lowest BCUT2D eigenvalue weighted by molar-refractivity contribution is -0.385. The third-order valence-electron chi connectivity index (χ3n) is 3.60. The van der Waals surface area contributed by atoms with Gasteiger partial charge < -0.3 is 9.64 Å². The summed E-state index contributed by atoms with van der Waals surface area (Å²) in [4.78, 5) is 17.0. The number of hydrogen-bond donors (Lipinski definition) is 0. The monoisotopic (exact) mass is 326 g/mol. The molecule has 1 aromatic carbocycles. The van der Waals surface area contributed by atoms with Gasteiger partial charge in [-0.05, 0) is 44.4 Å². The number of hydrogen-bond acceptors (Lipinski definition) is 5. The van der Waals surface area contributed by atoms with E-state index in [1.165, 1.54) is 12.3 Å². The normalized spacial score (nSPS) is 11.1. The summed E-state index contributed by atoms with van der Waals surface area (Å²) in [5.41, 5.74) is 2.40. The lowest BCUT2D eigenvalue weighted by atomic mass is 10.2. The molecule has 2 heterocycles. The molecule has 0 aliphatic rings. The van der Waals surface area contributed by atoms with Gasteiger partial charge in [0.2, 0.25) is 0 Å². The van der Waals surface area contributed by atoms with Crippen LogP contribution < -0.4 is 4.74 Å². The second-order valence-corrected chi connectivity index (χ2v) is 5.71. The fourth-order valence-corrected chi connectivity index (χ4v) is 2.30. The molecular formula is C17H18N4O3. The highest BCUT2D eigenvalue weighted by atomic mass is 16.6. The molecule has 0 bridgehead atoms. The zero-order valence-electron chi connectivity index (χ0n) is 13.5. The summed E-state index contributed by atoms with van der Waals surface area (Å²) in [5.74, 6) is 0.806. The van der Waals surface area contributed by atoms with Gasteiger partial charge in [0.15, 0.2) is 0 Å². The second-order valence-electron chi connectivity index (χ2n) is 5.71. The Morgan fingerprint density at radius 2 is 1.92 bits per heavy atom. The largest absolute Gasteiger partial charge is 0.492 e. The summed E-state index contributed by atoms with van der Waals surface area (Å²) in [6.07, 6.45) is 3.24. The van der Waals surface area contributed by atoms with Gasteiger partial charge in [-0.3, -0.25) is 14.5 Å². The quantitative estimate of drug-likeness (QED) is 0.514. The molecule has 0 saturated carbocycles. The molecule has 7 heteroatoms. The minimum absolute atomic E-state index is 0.0380. The van der Waals surface area contributed by atoms with Crippen molar-refractivity contribution in [3.05, 3.63) is 58.9 Å². The van der Waals surface area contributed by atoms with Gasteiger partial charge in [0, 0.05) is 24.4 Å². The molecule has 3 rings (SSSR count). The third-order valence-corrected chi connectivity index (χ3v) is 3.60. The van der Waals surface area contributed by atoms with Gasteiger partial charge in [-0.2, -0.15) is 0 Å². The van der Waals surface area contributed by atoms with Crippen LogP contribution in [0.25, 0.3) is 16.9 Å². The molecule has 0 unspecified atom stereocenters.